The Labute approximate surface area is 195 Å². The number of hydrogen-bond acceptors (Lipinski definition) is 8. The number of carboxylic acid groups (broad SMARTS) is 1. The third kappa shape index (κ3) is 14.2. The van der Waals surface area contributed by atoms with Crippen molar-refractivity contribution in [2.45, 2.75) is 56.7 Å². The van der Waals surface area contributed by atoms with Crippen LogP contribution < -0.4 is 44.6 Å². The van der Waals surface area contributed by atoms with Crippen molar-refractivity contribution >= 4 is 41.5 Å². The van der Waals surface area contributed by atoms with E-state index < -0.39 is 60.2 Å². The Bertz CT molecular complexity index is 784. The van der Waals surface area contributed by atoms with Crippen LogP contribution in [0.2, 0.25) is 0 Å². The van der Waals surface area contributed by atoms with Crippen LogP contribution in [0.25, 0.3) is 0 Å². The van der Waals surface area contributed by atoms with Crippen LogP contribution in [0.4, 0.5) is 0 Å². The molecule has 192 valence electrons. The lowest BCUT2D eigenvalue weighted by Crippen LogP contribution is -2.53. The number of nitrogens with two attached hydrogens (primary N) is 5. The molecule has 5 amide bonds. The first kappa shape index (κ1) is 30.0. The van der Waals surface area contributed by atoms with Gasteiger partial charge in [0.05, 0.1) is 12.6 Å². The van der Waals surface area contributed by atoms with Crippen LogP contribution in [0.5, 0.6) is 0 Å². The molecule has 0 aromatic rings. The molecular weight excluding hydrogens is 454 g/mol. The Balaban J connectivity index is 4.88. The second kappa shape index (κ2) is 15.8. The lowest BCUT2D eigenvalue weighted by atomic mass is 10.1. The van der Waals surface area contributed by atoms with Gasteiger partial charge in [-0.3, -0.25) is 29.0 Å². The topological polar surface area (TPSA) is 301 Å². The number of primary amides is 2. The van der Waals surface area contributed by atoms with E-state index in [1.165, 1.54) is 0 Å². The molecule has 0 aliphatic carbocycles. The molecule has 0 radical (unpaired) electrons. The van der Waals surface area contributed by atoms with Crippen LogP contribution in [-0.4, -0.2) is 77.8 Å². The van der Waals surface area contributed by atoms with E-state index in [0.717, 1.165) is 0 Å². The highest BCUT2D eigenvalue weighted by Crippen LogP contribution is 2.02. The van der Waals surface area contributed by atoms with E-state index in [-0.39, 0.29) is 51.0 Å². The van der Waals surface area contributed by atoms with Gasteiger partial charge in [-0.2, -0.15) is 0 Å². The van der Waals surface area contributed by atoms with Gasteiger partial charge in [0.15, 0.2) is 5.96 Å². The number of hydrogen-bond donors (Lipinski definition) is 9. The van der Waals surface area contributed by atoms with Gasteiger partial charge in [-0.1, -0.05) is 0 Å². The normalized spacial score (nSPS) is 13.0. The van der Waals surface area contributed by atoms with Crippen molar-refractivity contribution in [1.29, 1.82) is 0 Å². The second-order valence-corrected chi connectivity index (χ2v) is 7.30. The molecule has 0 saturated heterocycles. The van der Waals surface area contributed by atoms with Gasteiger partial charge in [-0.05, 0) is 25.7 Å². The largest absolute Gasteiger partial charge is 0.480 e. The maximum Gasteiger partial charge on any atom is 0.326 e. The van der Waals surface area contributed by atoms with E-state index in [1.807, 2.05) is 0 Å². The van der Waals surface area contributed by atoms with Crippen molar-refractivity contribution in [3.8, 4) is 0 Å². The molecule has 0 aromatic carbocycles. The van der Waals surface area contributed by atoms with Gasteiger partial charge in [0.1, 0.15) is 12.1 Å². The zero-order valence-corrected chi connectivity index (χ0v) is 18.6. The summed E-state index contributed by atoms with van der Waals surface area (Å²) in [4.78, 5) is 73.7. The monoisotopic (exact) mass is 487 g/mol. The number of carbonyl (C=O) groups excluding carboxylic acids is 5. The molecule has 0 saturated carbocycles. The maximum atomic E-state index is 12.5. The van der Waals surface area contributed by atoms with Gasteiger partial charge in [0.25, 0.3) is 0 Å². The van der Waals surface area contributed by atoms with Crippen LogP contribution >= 0.6 is 0 Å². The SMILES string of the molecule is NC(=O)CCC(N)C(=O)NC(CCC(N)=O)C(=O)NCC(=O)NC(CCCN=C(N)N)C(=O)O. The molecule has 14 N–H and O–H groups in total. The molecule has 0 aromatic heterocycles. The number of rotatable bonds is 17. The first-order chi connectivity index (χ1) is 15.8. The molecule has 34 heavy (non-hydrogen) atoms. The molecule has 16 nitrogen and oxygen atoms in total. The van der Waals surface area contributed by atoms with Crippen LogP contribution in [0.3, 0.4) is 0 Å². The van der Waals surface area contributed by atoms with Gasteiger partial charge < -0.3 is 49.7 Å². The van der Waals surface area contributed by atoms with Crippen molar-refractivity contribution < 1.29 is 33.9 Å². The number of nitrogens with one attached hydrogen (secondary N) is 3. The Morgan fingerprint density at radius 1 is 0.794 bits per heavy atom. The number of aliphatic imine (C=N–C) groups is 1. The predicted molar refractivity (Wildman–Crippen MR) is 119 cm³/mol. The summed E-state index contributed by atoms with van der Waals surface area (Å²) in [5.41, 5.74) is 26.1. The standard InChI is InChI=1S/C18H33N9O7/c19-9(3-5-12(20)28)15(31)27-10(4-6-13(21)29)16(32)25-8-14(30)26-11(17(33)34)2-1-7-24-18(22)23/h9-11H,1-8,19H2,(H2,20,28)(H2,21,29)(H,25,32)(H,26,30)(H,27,31)(H,33,34)(H4,22,23,24). The second-order valence-electron chi connectivity index (χ2n) is 7.30. The number of carbonyl (C=O) groups is 6. The fourth-order valence-electron chi connectivity index (χ4n) is 2.56. The first-order valence-corrected chi connectivity index (χ1v) is 10.3. The van der Waals surface area contributed by atoms with Gasteiger partial charge >= 0.3 is 5.97 Å². The molecule has 0 fully saturated rings. The maximum absolute atomic E-state index is 12.5. The van der Waals surface area contributed by atoms with E-state index in [4.69, 9.17) is 28.7 Å². The minimum Gasteiger partial charge on any atom is -0.480 e. The molecule has 0 aliphatic rings. The van der Waals surface area contributed by atoms with Crippen LogP contribution in [-0.2, 0) is 28.8 Å². The Hall–Kier alpha value is -3.95. The molecule has 0 bridgehead atoms. The summed E-state index contributed by atoms with van der Waals surface area (Å²) in [6.45, 7) is -0.436. The summed E-state index contributed by atoms with van der Waals surface area (Å²) in [5.74, 6) is -5.23. The molecule has 0 spiro atoms. The zero-order chi connectivity index (χ0) is 26.3. The Morgan fingerprint density at radius 3 is 1.91 bits per heavy atom. The van der Waals surface area contributed by atoms with Crippen molar-refractivity contribution in [1.82, 2.24) is 16.0 Å². The summed E-state index contributed by atoms with van der Waals surface area (Å²) in [7, 11) is 0. The Morgan fingerprint density at radius 2 is 1.38 bits per heavy atom. The quantitative estimate of drug-likeness (QED) is 0.0534. The van der Waals surface area contributed by atoms with Gasteiger partial charge in [-0.25, -0.2) is 4.79 Å². The average Bonchev–Trinajstić information content (AvgIpc) is 2.74. The van der Waals surface area contributed by atoms with Crippen molar-refractivity contribution in [3.05, 3.63) is 0 Å². The molecule has 3 atom stereocenters. The van der Waals surface area contributed by atoms with Gasteiger partial charge in [0, 0.05) is 19.4 Å². The molecule has 16 heteroatoms. The van der Waals surface area contributed by atoms with E-state index in [1.54, 1.807) is 0 Å². The highest BCUT2D eigenvalue weighted by atomic mass is 16.4. The van der Waals surface area contributed by atoms with Gasteiger partial charge in [0.2, 0.25) is 29.5 Å². The summed E-state index contributed by atoms with van der Waals surface area (Å²) < 4.78 is 0. The third-order valence-electron chi connectivity index (χ3n) is 4.35. The zero-order valence-electron chi connectivity index (χ0n) is 18.6. The molecule has 0 aliphatic heterocycles. The van der Waals surface area contributed by atoms with E-state index in [2.05, 4.69) is 20.9 Å². The lowest BCUT2D eigenvalue weighted by molar-refractivity contribution is -0.142. The number of amides is 5. The summed E-state index contributed by atoms with van der Waals surface area (Å²) in [5, 5.41) is 16.0. The number of carboxylic acids is 1. The highest BCUT2D eigenvalue weighted by molar-refractivity contribution is 5.93. The smallest absolute Gasteiger partial charge is 0.326 e. The minimum atomic E-state index is -1.29. The third-order valence-corrected chi connectivity index (χ3v) is 4.35. The average molecular weight is 488 g/mol. The predicted octanol–water partition coefficient (Wildman–Crippen LogP) is -4.93. The highest BCUT2D eigenvalue weighted by Gasteiger charge is 2.25. The summed E-state index contributed by atoms with van der Waals surface area (Å²) >= 11 is 0. The van der Waals surface area contributed by atoms with Gasteiger partial charge in [-0.15, -0.1) is 0 Å². The summed E-state index contributed by atoms with van der Waals surface area (Å²) in [6.07, 6.45) is -0.334. The van der Waals surface area contributed by atoms with Crippen molar-refractivity contribution in [3.63, 3.8) is 0 Å². The fourth-order valence-corrected chi connectivity index (χ4v) is 2.56. The Kier molecular flexibility index (Phi) is 14.0. The molecule has 3 unspecified atom stereocenters. The number of nitrogens with zero attached hydrogens (tertiary/aromatic N) is 1. The van der Waals surface area contributed by atoms with E-state index in [9.17, 15) is 33.9 Å². The van der Waals surface area contributed by atoms with E-state index in [0.29, 0.717) is 0 Å². The summed E-state index contributed by atoms with van der Waals surface area (Å²) in [6, 6.07) is -3.65. The van der Waals surface area contributed by atoms with Crippen LogP contribution in [0.1, 0.15) is 38.5 Å². The van der Waals surface area contributed by atoms with Crippen molar-refractivity contribution in [2.24, 2.45) is 33.7 Å². The fraction of sp³-hybridized carbons (Fsp3) is 0.611. The molecule has 0 heterocycles. The van der Waals surface area contributed by atoms with Crippen LogP contribution in [0, 0.1) is 0 Å². The molecule has 0 rings (SSSR count). The van der Waals surface area contributed by atoms with Crippen LogP contribution in [0.15, 0.2) is 4.99 Å². The number of aliphatic carboxylic acids is 1. The molecular formula is C18H33N9O7. The van der Waals surface area contributed by atoms with E-state index >= 15 is 0 Å². The number of guanidine groups is 1. The first-order valence-electron chi connectivity index (χ1n) is 10.3. The minimum absolute atomic E-state index is 0.0340. The van der Waals surface area contributed by atoms with Crippen molar-refractivity contribution in [2.75, 3.05) is 13.1 Å². The lowest BCUT2D eigenvalue weighted by Gasteiger charge is -2.20.